The molecular weight excluding hydrogens is 362 g/mol. The highest BCUT2D eigenvalue weighted by Crippen LogP contribution is 2.37. The Balaban J connectivity index is 2.37. The molecule has 1 aliphatic rings. The Morgan fingerprint density at radius 1 is 1.35 bits per heavy atom. The molecular formula is C17H22BrNO4. The molecule has 0 saturated heterocycles. The Hall–Kier alpha value is -1.56. The Morgan fingerprint density at radius 3 is 2.39 bits per heavy atom. The lowest BCUT2D eigenvalue weighted by Crippen LogP contribution is -2.43. The van der Waals surface area contributed by atoms with E-state index >= 15 is 0 Å². The van der Waals surface area contributed by atoms with Crippen LogP contribution in [0.1, 0.15) is 50.8 Å². The number of amides is 1. The molecule has 1 aliphatic carbocycles. The van der Waals surface area contributed by atoms with Gasteiger partial charge in [-0.1, -0.05) is 28.1 Å². The van der Waals surface area contributed by atoms with E-state index in [2.05, 4.69) is 15.9 Å². The summed E-state index contributed by atoms with van der Waals surface area (Å²) >= 11 is 3.42. The van der Waals surface area contributed by atoms with E-state index < -0.39 is 23.7 Å². The number of carboxylic acids is 1. The Bertz CT molecular complexity index is 620. The van der Waals surface area contributed by atoms with Crippen molar-refractivity contribution in [1.29, 1.82) is 0 Å². The van der Waals surface area contributed by atoms with Crippen molar-refractivity contribution in [2.45, 2.75) is 58.2 Å². The van der Waals surface area contributed by atoms with Gasteiger partial charge in [-0.2, -0.15) is 0 Å². The summed E-state index contributed by atoms with van der Waals surface area (Å²) in [5.41, 5.74) is 0.905. The van der Waals surface area contributed by atoms with Crippen molar-refractivity contribution in [3.05, 3.63) is 33.8 Å². The third-order valence-corrected chi connectivity index (χ3v) is 4.42. The number of hydrogen-bond donors (Lipinski definition) is 1. The first-order chi connectivity index (χ1) is 10.6. The maximum absolute atomic E-state index is 12.5. The molecule has 0 spiro atoms. The Kier molecular flexibility index (Phi) is 5.04. The molecule has 23 heavy (non-hydrogen) atoms. The van der Waals surface area contributed by atoms with E-state index in [1.807, 2.05) is 13.0 Å². The third-order valence-electron chi connectivity index (χ3n) is 3.57. The number of benzene rings is 1. The monoisotopic (exact) mass is 383 g/mol. The van der Waals surface area contributed by atoms with E-state index in [1.165, 1.54) is 4.90 Å². The summed E-state index contributed by atoms with van der Waals surface area (Å²) in [7, 11) is 0. The molecule has 0 aliphatic heterocycles. The van der Waals surface area contributed by atoms with Crippen LogP contribution in [-0.4, -0.2) is 33.7 Å². The van der Waals surface area contributed by atoms with Gasteiger partial charge in [-0.3, -0.25) is 4.90 Å². The van der Waals surface area contributed by atoms with Gasteiger partial charge in [0.05, 0.1) is 0 Å². The van der Waals surface area contributed by atoms with Crippen LogP contribution in [-0.2, 0) is 9.53 Å². The fourth-order valence-corrected chi connectivity index (χ4v) is 2.73. The van der Waals surface area contributed by atoms with Crippen LogP contribution in [0, 0.1) is 6.92 Å². The summed E-state index contributed by atoms with van der Waals surface area (Å²) in [6.45, 7) is 7.24. The van der Waals surface area contributed by atoms with Crippen LogP contribution in [0.5, 0.6) is 0 Å². The standard InChI is InChI=1S/C17H22BrNO4/c1-10-5-6-11(9-13(10)18)14(15(20)21)19(12-7-8-12)16(22)23-17(2,3)4/h5-6,9,12,14H,7-8H2,1-4H3,(H,20,21). The molecule has 1 aromatic carbocycles. The molecule has 1 aromatic rings. The van der Waals surface area contributed by atoms with E-state index in [4.69, 9.17) is 4.74 Å². The van der Waals surface area contributed by atoms with Crippen LogP contribution >= 0.6 is 15.9 Å². The molecule has 1 saturated carbocycles. The lowest BCUT2D eigenvalue weighted by atomic mass is 10.0. The van der Waals surface area contributed by atoms with Crippen LogP contribution < -0.4 is 0 Å². The molecule has 0 heterocycles. The minimum absolute atomic E-state index is 0.0778. The van der Waals surface area contributed by atoms with Gasteiger partial charge in [0, 0.05) is 10.5 Å². The number of rotatable bonds is 4. The number of carbonyl (C=O) groups excluding carboxylic acids is 1. The van der Waals surface area contributed by atoms with Crippen LogP contribution in [0.4, 0.5) is 4.79 Å². The molecule has 0 bridgehead atoms. The van der Waals surface area contributed by atoms with Gasteiger partial charge >= 0.3 is 12.1 Å². The first-order valence-corrected chi connectivity index (χ1v) is 8.39. The van der Waals surface area contributed by atoms with Crippen molar-refractivity contribution in [2.75, 3.05) is 0 Å². The van der Waals surface area contributed by atoms with Gasteiger partial charge in [0.25, 0.3) is 0 Å². The number of aryl methyl sites for hydroxylation is 1. The average Bonchev–Trinajstić information content (AvgIpc) is 3.21. The van der Waals surface area contributed by atoms with Crippen molar-refractivity contribution in [3.8, 4) is 0 Å². The van der Waals surface area contributed by atoms with Gasteiger partial charge in [-0.05, 0) is 57.7 Å². The summed E-state index contributed by atoms with van der Waals surface area (Å²) in [4.78, 5) is 25.8. The topological polar surface area (TPSA) is 66.8 Å². The zero-order valence-electron chi connectivity index (χ0n) is 13.8. The van der Waals surface area contributed by atoms with Crippen LogP contribution in [0.25, 0.3) is 0 Å². The summed E-state index contributed by atoms with van der Waals surface area (Å²) in [6, 6.07) is 4.22. The van der Waals surface area contributed by atoms with Crippen molar-refractivity contribution in [1.82, 2.24) is 4.90 Å². The number of hydrogen-bond acceptors (Lipinski definition) is 3. The highest BCUT2D eigenvalue weighted by Gasteiger charge is 2.43. The van der Waals surface area contributed by atoms with Gasteiger partial charge in [-0.25, -0.2) is 9.59 Å². The zero-order chi connectivity index (χ0) is 17.4. The molecule has 0 radical (unpaired) electrons. The number of ether oxygens (including phenoxy) is 1. The van der Waals surface area contributed by atoms with Gasteiger partial charge in [0.15, 0.2) is 6.04 Å². The molecule has 1 amide bonds. The molecule has 1 atom stereocenters. The summed E-state index contributed by atoms with van der Waals surface area (Å²) in [5.74, 6) is -1.06. The molecule has 2 rings (SSSR count). The van der Waals surface area contributed by atoms with Crippen molar-refractivity contribution in [3.63, 3.8) is 0 Å². The van der Waals surface area contributed by atoms with E-state index in [9.17, 15) is 14.7 Å². The molecule has 5 nitrogen and oxygen atoms in total. The highest BCUT2D eigenvalue weighted by molar-refractivity contribution is 9.10. The summed E-state index contributed by atoms with van der Waals surface area (Å²) < 4.78 is 6.24. The van der Waals surface area contributed by atoms with Crippen LogP contribution in [0.2, 0.25) is 0 Å². The first-order valence-electron chi connectivity index (χ1n) is 7.60. The minimum Gasteiger partial charge on any atom is -0.479 e. The van der Waals surface area contributed by atoms with Gasteiger partial charge in [-0.15, -0.1) is 0 Å². The number of halogens is 1. The molecule has 126 valence electrons. The van der Waals surface area contributed by atoms with E-state index in [0.717, 1.165) is 22.9 Å². The smallest absolute Gasteiger partial charge is 0.411 e. The molecule has 0 aromatic heterocycles. The highest BCUT2D eigenvalue weighted by atomic mass is 79.9. The second-order valence-corrected chi connectivity index (χ2v) is 7.72. The largest absolute Gasteiger partial charge is 0.479 e. The fraction of sp³-hybridized carbons (Fsp3) is 0.529. The van der Waals surface area contributed by atoms with Gasteiger partial charge in [0.2, 0.25) is 0 Å². The Morgan fingerprint density at radius 2 is 1.96 bits per heavy atom. The second-order valence-electron chi connectivity index (χ2n) is 6.87. The third kappa shape index (κ3) is 4.47. The first kappa shape index (κ1) is 17.8. The SMILES string of the molecule is Cc1ccc(C(C(=O)O)N(C(=O)OC(C)(C)C)C2CC2)cc1Br. The predicted molar refractivity (Wildman–Crippen MR) is 90.4 cm³/mol. The average molecular weight is 384 g/mol. The quantitative estimate of drug-likeness (QED) is 0.842. The van der Waals surface area contributed by atoms with Crippen molar-refractivity contribution >= 4 is 28.0 Å². The lowest BCUT2D eigenvalue weighted by Gasteiger charge is -2.32. The lowest BCUT2D eigenvalue weighted by molar-refractivity contribution is -0.143. The molecule has 6 heteroatoms. The predicted octanol–water partition coefficient (Wildman–Crippen LogP) is 4.28. The van der Waals surface area contributed by atoms with Gasteiger partial charge in [0.1, 0.15) is 5.60 Å². The summed E-state index contributed by atoms with van der Waals surface area (Å²) in [6.07, 6.45) is 1.02. The van der Waals surface area contributed by atoms with Crippen molar-refractivity contribution in [2.24, 2.45) is 0 Å². The van der Waals surface area contributed by atoms with E-state index in [1.54, 1.807) is 32.9 Å². The minimum atomic E-state index is -1.06. The fourth-order valence-electron chi connectivity index (χ4n) is 2.33. The maximum Gasteiger partial charge on any atom is 0.411 e. The Labute approximate surface area is 144 Å². The van der Waals surface area contributed by atoms with Gasteiger partial charge < -0.3 is 9.84 Å². The van der Waals surface area contributed by atoms with Crippen LogP contribution in [0.15, 0.2) is 22.7 Å². The van der Waals surface area contributed by atoms with E-state index in [-0.39, 0.29) is 6.04 Å². The number of nitrogens with zero attached hydrogens (tertiary/aromatic N) is 1. The molecule has 1 N–H and O–H groups in total. The number of carboxylic acid groups (broad SMARTS) is 1. The maximum atomic E-state index is 12.5. The molecule has 1 unspecified atom stereocenters. The number of carbonyl (C=O) groups is 2. The van der Waals surface area contributed by atoms with Crippen molar-refractivity contribution < 1.29 is 19.4 Å². The zero-order valence-corrected chi connectivity index (χ0v) is 15.4. The molecule has 1 fully saturated rings. The normalized spacial score (nSPS) is 15.9. The second kappa shape index (κ2) is 6.51. The van der Waals surface area contributed by atoms with Crippen LogP contribution in [0.3, 0.4) is 0 Å². The number of aliphatic carboxylic acids is 1. The van der Waals surface area contributed by atoms with E-state index in [0.29, 0.717) is 5.56 Å². The summed E-state index contributed by atoms with van der Waals surface area (Å²) in [5, 5.41) is 9.72.